The van der Waals surface area contributed by atoms with E-state index in [9.17, 15) is 57.8 Å². The molecule has 2 aliphatic heterocycles. The number of nitrogens with two attached hydrogens (primary N) is 4. The van der Waals surface area contributed by atoms with Crippen molar-refractivity contribution in [2.45, 2.75) is 113 Å². The Hall–Kier alpha value is -7.62. The molecule has 76 heavy (non-hydrogen) atoms. The number of primary amides is 2. The van der Waals surface area contributed by atoms with E-state index in [-0.39, 0.29) is 81.3 Å². The van der Waals surface area contributed by atoms with E-state index in [0.29, 0.717) is 24.0 Å². The summed E-state index contributed by atoms with van der Waals surface area (Å²) in [7, 11) is 2.23. The van der Waals surface area contributed by atoms with Crippen LogP contribution in [0.5, 0.6) is 5.75 Å². The lowest BCUT2D eigenvalue weighted by molar-refractivity contribution is -0.142. The molecule has 7 atom stereocenters. The number of amides is 11. The van der Waals surface area contributed by atoms with Crippen molar-refractivity contribution in [3.63, 3.8) is 0 Å². The van der Waals surface area contributed by atoms with Crippen LogP contribution in [0.25, 0.3) is 0 Å². The van der Waals surface area contributed by atoms with Crippen molar-refractivity contribution in [1.29, 1.82) is 0 Å². The number of carbonyl (C=O) groups is 11. The number of phenolic OH excluding ortho intramolecular Hbond substituents is 1. The molecular weight excluding hydrogens is 1030 g/mol. The molecule has 0 saturated carbocycles. The number of nitrogens with one attached hydrogen (secondary N) is 8. The van der Waals surface area contributed by atoms with Gasteiger partial charge in [0.05, 0.1) is 19.5 Å². The summed E-state index contributed by atoms with van der Waals surface area (Å²) in [5, 5.41) is 30.5. The number of hydrogen-bond donors (Lipinski definition) is 13. The highest BCUT2D eigenvalue weighted by atomic mass is 33.1. The number of rotatable bonds is 20. The van der Waals surface area contributed by atoms with E-state index in [4.69, 9.17) is 22.9 Å². The van der Waals surface area contributed by atoms with Gasteiger partial charge in [0.15, 0.2) is 5.96 Å². The lowest BCUT2D eigenvalue weighted by Gasteiger charge is -2.31. The van der Waals surface area contributed by atoms with Crippen molar-refractivity contribution in [2.75, 3.05) is 37.7 Å². The number of hydrogen-bond acceptors (Lipinski definition) is 15. The first kappa shape index (κ1) is 60.9. The van der Waals surface area contributed by atoms with Crippen LogP contribution >= 0.6 is 21.6 Å². The molecule has 0 spiro atoms. The fourth-order valence-electron chi connectivity index (χ4n) is 8.03. The third-order valence-corrected chi connectivity index (χ3v) is 14.3. The van der Waals surface area contributed by atoms with Crippen LogP contribution in [0.1, 0.15) is 69.4 Å². The monoisotopic (exact) mass is 1100 g/mol. The Labute approximate surface area is 446 Å². The normalized spacial score (nSPS) is 21.4. The van der Waals surface area contributed by atoms with Gasteiger partial charge in [-0.05, 0) is 55.4 Å². The van der Waals surface area contributed by atoms with Gasteiger partial charge in [-0.2, -0.15) is 0 Å². The van der Waals surface area contributed by atoms with Gasteiger partial charge in [-0.25, -0.2) is 0 Å². The van der Waals surface area contributed by atoms with Crippen molar-refractivity contribution in [3.05, 3.63) is 65.7 Å². The zero-order chi connectivity index (χ0) is 55.7. The quantitative estimate of drug-likeness (QED) is 0.0263. The maximum Gasteiger partial charge on any atom is 0.246 e. The summed E-state index contributed by atoms with van der Waals surface area (Å²) >= 11 is 0. The number of aliphatic imine (C=N–C) groups is 1. The maximum absolute atomic E-state index is 14.6. The fraction of sp³-hybridized carbons (Fsp3) is 0.500. The van der Waals surface area contributed by atoms with Gasteiger partial charge in [0.1, 0.15) is 48.0 Å². The molecule has 0 bridgehead atoms. The number of benzene rings is 2. The van der Waals surface area contributed by atoms with Crippen LogP contribution in [-0.2, 0) is 65.6 Å². The molecular formula is C48H68N14O12S2. The van der Waals surface area contributed by atoms with E-state index in [1.54, 1.807) is 49.4 Å². The van der Waals surface area contributed by atoms with Crippen LogP contribution in [0, 0.1) is 0 Å². The first-order valence-electron chi connectivity index (χ1n) is 24.6. The minimum Gasteiger partial charge on any atom is -0.508 e. The Morgan fingerprint density at radius 1 is 0.750 bits per heavy atom. The molecule has 414 valence electrons. The number of aromatic hydroxyl groups is 1. The SMILES string of the molecule is CCC[C@@H]1NC(=O)[C@H](Cc2ccccc2)NC(=O)[C@H](Cc2ccc(O)cc2)NC(=O)CCSSC[C@@H](C(=O)N2CCC[C@H]2C(=O)N[C@@H](CCCN=C(N)N)C(=O)NCC(=O)NCC(N)=O)NC(=O)[C@H](CC(N)=O)NC1=O. The molecule has 4 rings (SSSR count). The molecule has 0 aromatic heterocycles. The number of phenols is 1. The average molecular weight is 1100 g/mol. The van der Waals surface area contributed by atoms with Crippen LogP contribution in [-0.4, -0.2) is 161 Å². The van der Waals surface area contributed by atoms with Gasteiger partial charge in [-0.15, -0.1) is 0 Å². The molecule has 17 N–H and O–H groups in total. The zero-order valence-corrected chi connectivity index (χ0v) is 43.6. The van der Waals surface area contributed by atoms with Crippen molar-refractivity contribution >= 4 is 92.5 Å². The average Bonchev–Trinajstić information content (AvgIpc) is 3.87. The van der Waals surface area contributed by atoms with Crippen molar-refractivity contribution < 1.29 is 57.8 Å². The van der Waals surface area contributed by atoms with Gasteiger partial charge in [0.25, 0.3) is 0 Å². The standard InChI is InChI=1S/C48H68N14O12S2/c1-2-8-30-42(69)60-34(23-37(49)64)45(72)61-35(47(74)62-19-7-12-36(62)46(73)58-31(11-6-18-53-48(51)52)41(68)55-25-40(67)54-24-38(50)65)26-76-75-20-17-39(66)56-32(22-28-13-15-29(63)16-14-28)43(70)59-33(44(71)57-30)21-27-9-4-3-5-10-27/h3-5,9-10,13-16,30-36,63H,2,6-8,11-12,17-26H2,1H3,(H2,49,64)(H2,50,65)(H,54,67)(H,55,68)(H,56,66)(H,57,71)(H,58,73)(H,59,70)(H,60,69)(H,61,72)(H4,51,52,53)/t30-,31-,32-,33-,34-,35-,36-/m0/s1. The minimum absolute atomic E-state index is 0.0151. The minimum atomic E-state index is -1.67. The van der Waals surface area contributed by atoms with Gasteiger partial charge in [-0.1, -0.05) is 77.4 Å². The molecule has 2 aromatic rings. The van der Waals surface area contributed by atoms with Gasteiger partial charge >= 0.3 is 0 Å². The van der Waals surface area contributed by atoms with Crippen LogP contribution in [0.3, 0.4) is 0 Å². The first-order chi connectivity index (χ1) is 36.2. The number of nitrogens with zero attached hydrogens (tertiary/aromatic N) is 2. The van der Waals surface area contributed by atoms with E-state index >= 15 is 0 Å². The van der Waals surface area contributed by atoms with Crippen LogP contribution < -0.4 is 65.5 Å². The molecule has 2 aromatic carbocycles. The maximum atomic E-state index is 14.6. The number of likely N-dealkylation sites (tertiary alicyclic amines) is 1. The van der Waals surface area contributed by atoms with Crippen molar-refractivity contribution in [3.8, 4) is 5.75 Å². The van der Waals surface area contributed by atoms with Crippen molar-refractivity contribution in [1.82, 2.24) is 47.4 Å². The largest absolute Gasteiger partial charge is 0.508 e. The summed E-state index contributed by atoms with van der Waals surface area (Å²) in [5.41, 5.74) is 22.8. The fourth-order valence-corrected chi connectivity index (χ4v) is 10.2. The Kier molecular flexibility index (Phi) is 25.1. The second-order valence-corrected chi connectivity index (χ2v) is 20.5. The Bertz CT molecular complexity index is 2410. The number of guanidine groups is 1. The highest BCUT2D eigenvalue weighted by Gasteiger charge is 2.40. The van der Waals surface area contributed by atoms with Crippen molar-refractivity contribution in [2.24, 2.45) is 27.9 Å². The second-order valence-electron chi connectivity index (χ2n) is 17.9. The molecule has 26 nitrogen and oxygen atoms in total. The van der Waals surface area contributed by atoms with E-state index < -0.39 is 127 Å². The summed E-state index contributed by atoms with van der Waals surface area (Å²) in [6, 6.07) is 5.39. The van der Waals surface area contributed by atoms with E-state index in [2.05, 4.69) is 47.5 Å². The summed E-state index contributed by atoms with van der Waals surface area (Å²) in [5.74, 6) is -9.01. The third-order valence-electron chi connectivity index (χ3n) is 11.8. The summed E-state index contributed by atoms with van der Waals surface area (Å²) in [6.07, 6.45) is 0.0860. The number of carbonyl (C=O) groups excluding carboxylic acids is 11. The lowest BCUT2D eigenvalue weighted by Crippen LogP contribution is -2.61. The topological polar surface area (TPSA) is 424 Å². The summed E-state index contributed by atoms with van der Waals surface area (Å²) in [4.78, 5) is 153. The molecule has 11 amide bonds. The molecule has 0 unspecified atom stereocenters. The second kappa shape index (κ2) is 31.3. The van der Waals surface area contributed by atoms with Gasteiger partial charge in [0, 0.05) is 43.9 Å². The smallest absolute Gasteiger partial charge is 0.246 e. The van der Waals surface area contributed by atoms with Crippen LogP contribution in [0.4, 0.5) is 0 Å². The molecule has 2 heterocycles. The van der Waals surface area contributed by atoms with E-state index in [1.165, 1.54) is 17.0 Å². The predicted molar refractivity (Wildman–Crippen MR) is 282 cm³/mol. The predicted octanol–water partition coefficient (Wildman–Crippen LogP) is -3.69. The Morgan fingerprint density at radius 2 is 1.37 bits per heavy atom. The summed E-state index contributed by atoms with van der Waals surface area (Å²) < 4.78 is 0. The first-order valence-corrected chi connectivity index (χ1v) is 27.1. The highest BCUT2D eigenvalue weighted by Crippen LogP contribution is 2.26. The molecule has 0 radical (unpaired) electrons. The van der Waals surface area contributed by atoms with Crippen LogP contribution in [0.2, 0.25) is 0 Å². The Morgan fingerprint density at radius 3 is 2.01 bits per heavy atom. The van der Waals surface area contributed by atoms with Gasteiger partial charge < -0.3 is 75.5 Å². The Balaban J connectivity index is 1.64. The van der Waals surface area contributed by atoms with Crippen LogP contribution in [0.15, 0.2) is 59.6 Å². The molecule has 2 aliphatic rings. The zero-order valence-electron chi connectivity index (χ0n) is 42.0. The van der Waals surface area contributed by atoms with E-state index in [0.717, 1.165) is 21.6 Å². The van der Waals surface area contributed by atoms with E-state index in [1.807, 2.05) is 0 Å². The molecule has 2 saturated heterocycles. The lowest BCUT2D eigenvalue weighted by atomic mass is 10.0. The summed E-state index contributed by atoms with van der Waals surface area (Å²) in [6.45, 7) is 0.808. The third kappa shape index (κ3) is 20.9. The van der Waals surface area contributed by atoms with Gasteiger partial charge in [0.2, 0.25) is 65.0 Å². The molecule has 28 heteroatoms. The molecule has 2 fully saturated rings. The molecule has 0 aliphatic carbocycles. The highest BCUT2D eigenvalue weighted by molar-refractivity contribution is 8.76. The van der Waals surface area contributed by atoms with Gasteiger partial charge in [-0.3, -0.25) is 57.7 Å².